The van der Waals surface area contributed by atoms with Gasteiger partial charge in [-0.2, -0.15) is 0 Å². The van der Waals surface area contributed by atoms with Crippen LogP contribution in [0.15, 0.2) is 36.0 Å². The highest BCUT2D eigenvalue weighted by molar-refractivity contribution is 5.51. The molecule has 31 heavy (non-hydrogen) atoms. The summed E-state index contributed by atoms with van der Waals surface area (Å²) >= 11 is 0. The zero-order chi connectivity index (χ0) is 22.2. The molecule has 4 aliphatic carbocycles. The molecule has 4 rings (SSSR count). The molecule has 162 valence electrons. The summed E-state index contributed by atoms with van der Waals surface area (Å²) in [7, 11) is 0. The molecule has 0 amide bonds. The lowest BCUT2D eigenvalue weighted by Gasteiger charge is -2.61. The summed E-state index contributed by atoms with van der Waals surface area (Å²) in [6.07, 6.45) is 14.4. The first-order valence-electron chi connectivity index (χ1n) is 11.5. The van der Waals surface area contributed by atoms with Gasteiger partial charge in [0.1, 0.15) is 23.8 Å². The van der Waals surface area contributed by atoms with E-state index >= 15 is 0 Å². The molecule has 4 heteroatoms. The van der Waals surface area contributed by atoms with Gasteiger partial charge in [0, 0.05) is 30.2 Å². The van der Waals surface area contributed by atoms with Crippen molar-refractivity contribution in [2.45, 2.75) is 52.4 Å². The number of allylic oxidation sites excluding steroid dienone is 6. The molecular weight excluding hydrogens is 388 g/mol. The Kier molecular flexibility index (Phi) is 5.78. The monoisotopic (exact) mass is 418 g/mol. The summed E-state index contributed by atoms with van der Waals surface area (Å²) in [4.78, 5) is 45.2. The molecule has 0 aromatic carbocycles. The SMILES string of the molecule is C[C@]12CCC(C=C=O)CC1=CC(C=C=O)[C@@H]1[C@H]2C(C=C=O)C[C@]2(C)C(C=C=O)CC[C@@H]12. The Morgan fingerprint density at radius 2 is 1.61 bits per heavy atom. The molecule has 9 atom stereocenters. The molecule has 4 aliphatic rings. The summed E-state index contributed by atoms with van der Waals surface area (Å²) in [6.45, 7) is 4.56. The number of hydrogen-bond acceptors (Lipinski definition) is 4. The van der Waals surface area contributed by atoms with Crippen molar-refractivity contribution in [1.29, 1.82) is 0 Å². The Morgan fingerprint density at radius 1 is 0.903 bits per heavy atom. The molecule has 0 spiro atoms. The fourth-order valence-corrected chi connectivity index (χ4v) is 8.13. The molecule has 4 nitrogen and oxygen atoms in total. The van der Waals surface area contributed by atoms with Crippen molar-refractivity contribution in [3.05, 3.63) is 36.0 Å². The standard InChI is InChI=1S/C27H30O4/c1-26-10-5-18(6-11-28)15-22(26)16-19(7-12-29)24-23-4-3-21(9-14-31)27(23,2)17-20(8-13-30)25(24)26/h6-9,16,18-21,23-25H,3-5,10,15,17H2,1-2H3/t18?,19?,20?,21?,23-,24-,25+,26-,27+/m0/s1. The van der Waals surface area contributed by atoms with Crippen molar-refractivity contribution >= 4 is 23.8 Å². The topological polar surface area (TPSA) is 68.3 Å². The highest BCUT2D eigenvalue weighted by Gasteiger charge is 2.62. The molecule has 0 heterocycles. The Labute approximate surface area is 183 Å². The van der Waals surface area contributed by atoms with Crippen LogP contribution in [0, 0.1) is 52.3 Å². The van der Waals surface area contributed by atoms with Gasteiger partial charge in [-0.15, -0.1) is 0 Å². The van der Waals surface area contributed by atoms with Gasteiger partial charge in [-0.25, -0.2) is 19.2 Å². The first-order valence-corrected chi connectivity index (χ1v) is 11.5. The van der Waals surface area contributed by atoms with Gasteiger partial charge in [-0.05, 0) is 84.9 Å². The van der Waals surface area contributed by atoms with Crippen molar-refractivity contribution in [2.24, 2.45) is 52.3 Å². The molecule has 0 bridgehead atoms. The first-order chi connectivity index (χ1) is 14.9. The van der Waals surface area contributed by atoms with Gasteiger partial charge in [-0.1, -0.05) is 25.5 Å². The third-order valence-electron chi connectivity index (χ3n) is 9.44. The first kappa shape index (κ1) is 21.8. The summed E-state index contributed by atoms with van der Waals surface area (Å²) in [5, 5.41) is 0. The lowest BCUT2D eigenvalue weighted by molar-refractivity contribution is -0.0758. The van der Waals surface area contributed by atoms with Gasteiger partial charge in [0.2, 0.25) is 0 Å². The average molecular weight is 419 g/mol. The van der Waals surface area contributed by atoms with Gasteiger partial charge in [0.05, 0.1) is 0 Å². The minimum Gasteiger partial charge on any atom is -0.234 e. The maximum atomic E-state index is 11.6. The normalized spacial score (nSPS) is 45.1. The third kappa shape index (κ3) is 3.32. The molecule has 3 saturated carbocycles. The van der Waals surface area contributed by atoms with Crippen LogP contribution in [0.2, 0.25) is 0 Å². The second kappa shape index (κ2) is 8.23. The smallest absolute Gasteiger partial charge is 0.120 e. The molecule has 0 aliphatic heterocycles. The van der Waals surface area contributed by atoms with Crippen LogP contribution in [-0.4, -0.2) is 23.8 Å². The fraction of sp³-hybridized carbons (Fsp3) is 0.630. The zero-order valence-corrected chi connectivity index (χ0v) is 18.3. The second-order valence-electron chi connectivity index (χ2n) is 10.6. The van der Waals surface area contributed by atoms with E-state index in [2.05, 4.69) is 25.9 Å². The maximum absolute atomic E-state index is 11.6. The van der Waals surface area contributed by atoms with Crippen molar-refractivity contribution in [1.82, 2.24) is 0 Å². The molecule has 0 aromatic heterocycles. The average Bonchev–Trinajstić information content (AvgIpc) is 3.05. The Bertz CT molecular complexity index is 967. The van der Waals surface area contributed by atoms with Crippen molar-refractivity contribution in [3.8, 4) is 0 Å². The van der Waals surface area contributed by atoms with E-state index < -0.39 is 0 Å². The van der Waals surface area contributed by atoms with Crippen LogP contribution in [0.25, 0.3) is 0 Å². The number of fused-ring (bicyclic) bond motifs is 5. The molecule has 0 N–H and O–H groups in total. The molecule has 3 fully saturated rings. The third-order valence-corrected chi connectivity index (χ3v) is 9.44. The van der Waals surface area contributed by atoms with Crippen LogP contribution in [-0.2, 0) is 19.2 Å². The predicted molar refractivity (Wildman–Crippen MR) is 117 cm³/mol. The highest BCUT2D eigenvalue weighted by atomic mass is 16.1. The van der Waals surface area contributed by atoms with Crippen molar-refractivity contribution in [3.63, 3.8) is 0 Å². The van der Waals surface area contributed by atoms with E-state index in [-0.39, 0.29) is 46.3 Å². The molecule has 0 saturated heterocycles. The van der Waals surface area contributed by atoms with Crippen molar-refractivity contribution < 1.29 is 19.2 Å². The van der Waals surface area contributed by atoms with Gasteiger partial charge < -0.3 is 0 Å². The van der Waals surface area contributed by atoms with Crippen LogP contribution >= 0.6 is 0 Å². The van der Waals surface area contributed by atoms with Crippen LogP contribution < -0.4 is 0 Å². The summed E-state index contributed by atoms with van der Waals surface area (Å²) in [6, 6.07) is 0. The summed E-state index contributed by atoms with van der Waals surface area (Å²) in [5.74, 6) is 9.20. The van der Waals surface area contributed by atoms with E-state index in [1.165, 1.54) is 5.57 Å². The Morgan fingerprint density at radius 3 is 2.29 bits per heavy atom. The van der Waals surface area contributed by atoms with Crippen molar-refractivity contribution in [2.75, 3.05) is 0 Å². The van der Waals surface area contributed by atoms with E-state index in [0.29, 0.717) is 5.92 Å². The second-order valence-corrected chi connectivity index (χ2v) is 10.6. The summed E-state index contributed by atoms with van der Waals surface area (Å²) in [5.41, 5.74) is 1.11. The van der Waals surface area contributed by atoms with E-state index in [1.54, 1.807) is 24.3 Å². The van der Waals surface area contributed by atoms with Gasteiger partial charge in [0.15, 0.2) is 0 Å². The van der Waals surface area contributed by atoms with Gasteiger partial charge in [0.25, 0.3) is 0 Å². The molecule has 4 unspecified atom stereocenters. The number of rotatable bonds is 4. The summed E-state index contributed by atoms with van der Waals surface area (Å²) < 4.78 is 0. The predicted octanol–water partition coefficient (Wildman–Crippen LogP) is 4.19. The minimum absolute atomic E-state index is 0.0406. The van der Waals surface area contributed by atoms with Crippen LogP contribution in [0.4, 0.5) is 0 Å². The van der Waals surface area contributed by atoms with Crippen LogP contribution in [0.3, 0.4) is 0 Å². The van der Waals surface area contributed by atoms with E-state index in [1.807, 2.05) is 17.8 Å². The van der Waals surface area contributed by atoms with Gasteiger partial charge >= 0.3 is 0 Å². The lowest BCUT2D eigenvalue weighted by Crippen LogP contribution is -2.55. The highest BCUT2D eigenvalue weighted by Crippen LogP contribution is 2.69. The number of hydrogen-bond donors (Lipinski definition) is 0. The molecule has 0 aromatic rings. The minimum atomic E-state index is -0.106. The Hall–Kier alpha value is -2.46. The quantitative estimate of drug-likeness (QED) is 0.507. The molecular formula is C27H30O4. The lowest BCUT2D eigenvalue weighted by atomic mass is 9.42. The van der Waals surface area contributed by atoms with Crippen LogP contribution in [0.5, 0.6) is 0 Å². The zero-order valence-electron chi connectivity index (χ0n) is 18.3. The van der Waals surface area contributed by atoms with E-state index in [4.69, 9.17) is 0 Å². The van der Waals surface area contributed by atoms with E-state index in [9.17, 15) is 19.2 Å². The Balaban J connectivity index is 1.86. The largest absolute Gasteiger partial charge is 0.234 e. The molecule has 0 radical (unpaired) electrons. The van der Waals surface area contributed by atoms with Crippen LogP contribution in [0.1, 0.15) is 52.4 Å². The van der Waals surface area contributed by atoms with E-state index in [0.717, 1.165) is 38.5 Å². The fourth-order valence-electron chi connectivity index (χ4n) is 8.13. The van der Waals surface area contributed by atoms with Gasteiger partial charge in [-0.3, -0.25) is 0 Å². The maximum Gasteiger partial charge on any atom is 0.120 e. The number of carbonyl (C=O) groups excluding carboxylic acids is 4.